The van der Waals surface area contributed by atoms with Crippen LogP contribution in [0.2, 0.25) is 5.02 Å². The molecule has 1 saturated heterocycles. The smallest absolute Gasteiger partial charge is 0.243 e. The minimum Gasteiger partial charge on any atom is -0.487 e. The van der Waals surface area contributed by atoms with Crippen LogP contribution in [0.3, 0.4) is 0 Å². The zero-order valence-electron chi connectivity index (χ0n) is 17.7. The van der Waals surface area contributed by atoms with Crippen molar-refractivity contribution >= 4 is 34.8 Å². The number of rotatable bonds is 7. The number of hydrazine groups is 1. The molecule has 1 heterocycles. The van der Waals surface area contributed by atoms with Gasteiger partial charge in [-0.3, -0.25) is 20.4 Å². The van der Waals surface area contributed by atoms with Gasteiger partial charge in [0.25, 0.3) is 0 Å². The van der Waals surface area contributed by atoms with Gasteiger partial charge in [-0.15, -0.1) is 0 Å². The monoisotopic (exact) mass is 449 g/mol. The van der Waals surface area contributed by atoms with Gasteiger partial charge in [-0.2, -0.15) is 0 Å². The lowest BCUT2D eigenvalue weighted by atomic mass is 10.1. The molecule has 3 aromatic carbocycles. The van der Waals surface area contributed by atoms with Crippen LogP contribution in [0.1, 0.15) is 17.5 Å². The average molecular weight is 450 g/mol. The van der Waals surface area contributed by atoms with Crippen molar-refractivity contribution < 1.29 is 14.3 Å². The molecule has 0 radical (unpaired) electrons. The summed E-state index contributed by atoms with van der Waals surface area (Å²) in [6, 6.07) is 22.5. The second-order valence-corrected chi connectivity index (χ2v) is 8.20. The van der Waals surface area contributed by atoms with E-state index >= 15 is 0 Å². The van der Waals surface area contributed by atoms with Crippen LogP contribution in [0.5, 0.6) is 5.75 Å². The topological polar surface area (TPSA) is 70.7 Å². The Hall–Kier alpha value is -3.51. The van der Waals surface area contributed by atoms with Crippen LogP contribution in [0, 0.1) is 12.8 Å². The fourth-order valence-electron chi connectivity index (χ4n) is 3.53. The maximum absolute atomic E-state index is 12.7. The molecule has 1 aliphatic heterocycles. The van der Waals surface area contributed by atoms with Crippen molar-refractivity contribution in [2.75, 3.05) is 16.9 Å². The van der Waals surface area contributed by atoms with Gasteiger partial charge in [0.1, 0.15) is 12.4 Å². The van der Waals surface area contributed by atoms with Crippen LogP contribution in [-0.2, 0) is 16.2 Å². The molecular formula is C25H24ClN3O3. The normalized spacial score (nSPS) is 15.5. The molecule has 32 heavy (non-hydrogen) atoms. The Labute approximate surface area is 192 Å². The number of halogens is 1. The van der Waals surface area contributed by atoms with Gasteiger partial charge in [-0.05, 0) is 48.9 Å². The van der Waals surface area contributed by atoms with E-state index in [9.17, 15) is 9.59 Å². The standard InChI is InChI=1S/C25H24ClN3O3/c1-17-6-12-21(13-7-17)29-15-19(14-24(29)30)25(31)28-27-22-4-2-3-5-23(22)32-16-18-8-10-20(26)11-9-18/h2-13,19,27H,14-16H2,1H3,(H,28,31)/t19-/m1/s1. The van der Waals surface area contributed by atoms with Gasteiger partial charge in [0, 0.05) is 23.7 Å². The van der Waals surface area contributed by atoms with E-state index in [0.717, 1.165) is 16.8 Å². The first kappa shape index (κ1) is 21.7. The predicted octanol–water partition coefficient (Wildman–Crippen LogP) is 4.72. The van der Waals surface area contributed by atoms with E-state index in [4.69, 9.17) is 16.3 Å². The Morgan fingerprint density at radius 1 is 1.06 bits per heavy atom. The van der Waals surface area contributed by atoms with E-state index in [1.807, 2.05) is 79.7 Å². The van der Waals surface area contributed by atoms with E-state index in [0.29, 0.717) is 29.6 Å². The van der Waals surface area contributed by atoms with Crippen molar-refractivity contribution in [2.45, 2.75) is 20.0 Å². The van der Waals surface area contributed by atoms with E-state index in [-0.39, 0.29) is 18.2 Å². The Morgan fingerprint density at radius 2 is 1.78 bits per heavy atom. The average Bonchev–Trinajstić information content (AvgIpc) is 3.20. The molecule has 0 spiro atoms. The number of carbonyl (C=O) groups excluding carboxylic acids is 2. The van der Waals surface area contributed by atoms with Crippen molar-refractivity contribution in [3.8, 4) is 5.75 Å². The first-order chi connectivity index (χ1) is 15.5. The first-order valence-electron chi connectivity index (χ1n) is 10.4. The number of ether oxygens (including phenoxy) is 1. The predicted molar refractivity (Wildman–Crippen MR) is 126 cm³/mol. The zero-order valence-corrected chi connectivity index (χ0v) is 18.4. The van der Waals surface area contributed by atoms with Crippen LogP contribution in [0.15, 0.2) is 72.8 Å². The fraction of sp³-hybridized carbons (Fsp3) is 0.200. The van der Waals surface area contributed by atoms with Crippen molar-refractivity contribution in [1.82, 2.24) is 5.43 Å². The lowest BCUT2D eigenvalue weighted by Crippen LogP contribution is -2.36. The van der Waals surface area contributed by atoms with E-state index in [1.54, 1.807) is 4.90 Å². The summed E-state index contributed by atoms with van der Waals surface area (Å²) >= 11 is 5.92. The van der Waals surface area contributed by atoms with Gasteiger partial charge in [-0.25, -0.2) is 0 Å². The lowest BCUT2D eigenvalue weighted by molar-refractivity contribution is -0.125. The maximum Gasteiger partial charge on any atom is 0.243 e. The number of aryl methyl sites for hydroxylation is 1. The number of hydrogen-bond donors (Lipinski definition) is 2. The summed E-state index contributed by atoms with van der Waals surface area (Å²) in [5, 5.41) is 0.671. The summed E-state index contributed by atoms with van der Waals surface area (Å²) in [5.41, 5.74) is 9.21. The molecule has 2 N–H and O–H groups in total. The van der Waals surface area contributed by atoms with Crippen LogP contribution < -0.4 is 20.5 Å². The zero-order chi connectivity index (χ0) is 22.5. The molecule has 0 unspecified atom stereocenters. The third-order valence-corrected chi connectivity index (χ3v) is 5.61. The SMILES string of the molecule is Cc1ccc(N2C[C@H](C(=O)NNc3ccccc3OCc3ccc(Cl)cc3)CC2=O)cc1. The number of para-hydroxylation sites is 2. The third-order valence-electron chi connectivity index (χ3n) is 5.36. The Morgan fingerprint density at radius 3 is 2.53 bits per heavy atom. The van der Waals surface area contributed by atoms with E-state index in [2.05, 4.69) is 10.9 Å². The summed E-state index contributed by atoms with van der Waals surface area (Å²) < 4.78 is 5.90. The molecule has 0 bridgehead atoms. The highest BCUT2D eigenvalue weighted by Gasteiger charge is 2.35. The molecule has 164 valence electrons. The van der Waals surface area contributed by atoms with Gasteiger partial charge in [0.05, 0.1) is 11.6 Å². The number of amides is 2. The lowest BCUT2D eigenvalue weighted by Gasteiger charge is -2.18. The molecule has 0 aliphatic carbocycles. The van der Waals surface area contributed by atoms with E-state index < -0.39 is 5.92 Å². The summed E-state index contributed by atoms with van der Waals surface area (Å²) in [7, 11) is 0. The van der Waals surface area contributed by atoms with Crippen LogP contribution in [0.25, 0.3) is 0 Å². The first-order valence-corrected chi connectivity index (χ1v) is 10.8. The van der Waals surface area contributed by atoms with Crippen LogP contribution >= 0.6 is 11.6 Å². The second-order valence-electron chi connectivity index (χ2n) is 7.77. The Kier molecular flexibility index (Phi) is 6.61. The van der Waals surface area contributed by atoms with Crippen LogP contribution in [-0.4, -0.2) is 18.4 Å². The highest BCUT2D eigenvalue weighted by atomic mass is 35.5. The molecular weight excluding hydrogens is 426 g/mol. The van der Waals surface area contributed by atoms with Crippen molar-refractivity contribution in [3.63, 3.8) is 0 Å². The van der Waals surface area contributed by atoms with Crippen LogP contribution in [0.4, 0.5) is 11.4 Å². The van der Waals surface area contributed by atoms with Gasteiger partial charge >= 0.3 is 0 Å². The number of anilines is 2. The molecule has 1 aliphatic rings. The molecule has 6 nitrogen and oxygen atoms in total. The molecule has 1 fully saturated rings. The minimum absolute atomic E-state index is 0.0549. The number of carbonyl (C=O) groups is 2. The Bertz CT molecular complexity index is 1100. The summed E-state index contributed by atoms with van der Waals surface area (Å²) in [5.74, 6) is -0.119. The van der Waals surface area contributed by atoms with Gasteiger partial charge < -0.3 is 9.64 Å². The highest BCUT2D eigenvalue weighted by Crippen LogP contribution is 2.27. The Balaban J connectivity index is 1.34. The highest BCUT2D eigenvalue weighted by molar-refractivity contribution is 6.30. The minimum atomic E-state index is -0.432. The maximum atomic E-state index is 12.7. The number of nitrogens with zero attached hydrogens (tertiary/aromatic N) is 1. The third kappa shape index (κ3) is 5.21. The van der Waals surface area contributed by atoms with Gasteiger partial charge in [0.2, 0.25) is 11.8 Å². The van der Waals surface area contributed by atoms with Crippen molar-refractivity contribution in [2.24, 2.45) is 5.92 Å². The molecule has 0 saturated carbocycles. The molecule has 0 aromatic heterocycles. The molecule has 1 atom stereocenters. The summed E-state index contributed by atoms with van der Waals surface area (Å²) in [6.07, 6.45) is 0.177. The molecule has 2 amide bonds. The number of hydrogen-bond acceptors (Lipinski definition) is 4. The van der Waals surface area contributed by atoms with Crippen molar-refractivity contribution in [3.05, 3.63) is 88.9 Å². The quantitative estimate of drug-likeness (QED) is 0.512. The molecule has 7 heteroatoms. The fourth-order valence-corrected chi connectivity index (χ4v) is 3.65. The van der Waals surface area contributed by atoms with Gasteiger partial charge in [-0.1, -0.05) is 53.6 Å². The summed E-state index contributed by atoms with van der Waals surface area (Å²) in [4.78, 5) is 26.8. The summed E-state index contributed by atoms with van der Waals surface area (Å²) in [6.45, 7) is 2.71. The molecule has 4 rings (SSSR count). The molecule has 3 aromatic rings. The van der Waals surface area contributed by atoms with Gasteiger partial charge in [0.15, 0.2) is 0 Å². The number of nitrogens with one attached hydrogen (secondary N) is 2. The second kappa shape index (κ2) is 9.75. The number of benzene rings is 3. The largest absolute Gasteiger partial charge is 0.487 e. The van der Waals surface area contributed by atoms with E-state index in [1.165, 1.54) is 0 Å². The van der Waals surface area contributed by atoms with Crippen molar-refractivity contribution in [1.29, 1.82) is 0 Å².